The van der Waals surface area contributed by atoms with Gasteiger partial charge in [0.25, 0.3) is 0 Å². The van der Waals surface area contributed by atoms with Crippen LogP contribution in [0, 0.1) is 0 Å². The summed E-state index contributed by atoms with van der Waals surface area (Å²) in [5.41, 5.74) is 9.72. The maximum atomic E-state index is 4.47. The minimum absolute atomic E-state index is 1.13. The van der Waals surface area contributed by atoms with Crippen LogP contribution in [0.3, 0.4) is 0 Å². The first-order valence-corrected chi connectivity index (χ1v) is 13.0. The van der Waals surface area contributed by atoms with E-state index in [9.17, 15) is 0 Å². The Kier molecular flexibility index (Phi) is 5.53. The highest BCUT2D eigenvalue weighted by Crippen LogP contribution is 2.44. The molecule has 1 heteroatoms. The molecule has 6 aromatic carbocycles. The molecule has 7 aromatic rings. The van der Waals surface area contributed by atoms with Crippen molar-refractivity contribution in [3.05, 3.63) is 152 Å². The van der Waals surface area contributed by atoms with Gasteiger partial charge in [0.1, 0.15) is 0 Å². The molecule has 0 fully saturated rings. The van der Waals surface area contributed by atoms with Crippen LogP contribution in [0.2, 0.25) is 0 Å². The molecule has 0 spiro atoms. The van der Waals surface area contributed by atoms with Gasteiger partial charge in [-0.3, -0.25) is 4.98 Å². The van der Waals surface area contributed by atoms with E-state index in [0.717, 1.165) is 5.56 Å². The van der Waals surface area contributed by atoms with Crippen LogP contribution in [0.15, 0.2) is 152 Å². The topological polar surface area (TPSA) is 12.9 Å². The van der Waals surface area contributed by atoms with Crippen molar-refractivity contribution in [1.82, 2.24) is 4.98 Å². The maximum Gasteiger partial charge on any atom is 0.0346 e. The predicted molar refractivity (Wildman–Crippen MR) is 161 cm³/mol. The molecule has 1 aromatic heterocycles. The van der Waals surface area contributed by atoms with E-state index in [1.54, 1.807) is 0 Å². The zero-order valence-corrected chi connectivity index (χ0v) is 20.9. The zero-order valence-electron chi connectivity index (χ0n) is 20.9. The Morgan fingerprint density at radius 1 is 0.316 bits per heavy atom. The lowest BCUT2D eigenvalue weighted by Gasteiger charge is -2.18. The van der Waals surface area contributed by atoms with Crippen molar-refractivity contribution in [3.63, 3.8) is 0 Å². The van der Waals surface area contributed by atoms with Crippen molar-refractivity contribution in [2.24, 2.45) is 0 Å². The third-order valence-corrected chi connectivity index (χ3v) is 7.36. The SMILES string of the molecule is c1ccc(-c2ccc(-c3c4ccccc4c(-c4cccnc4)c4cc(-c5ccccc5)ccc34)cc2)cc1. The standard InChI is InChI=1S/C37H25N/c1-3-10-26(11-4-1)28-17-19-29(20-18-28)36-32-15-7-8-16-33(32)37(31-14-9-23-38-25-31)35-24-30(21-22-34(35)36)27-12-5-2-6-13-27/h1-25H. The molecular weight excluding hydrogens is 458 g/mol. The molecule has 0 amide bonds. The van der Waals surface area contributed by atoms with E-state index in [1.165, 1.54) is 60.5 Å². The molecule has 0 aliphatic carbocycles. The summed E-state index contributed by atoms with van der Waals surface area (Å²) in [5, 5.41) is 4.97. The monoisotopic (exact) mass is 483 g/mol. The summed E-state index contributed by atoms with van der Waals surface area (Å²) in [6.45, 7) is 0. The summed E-state index contributed by atoms with van der Waals surface area (Å²) >= 11 is 0. The minimum atomic E-state index is 1.13. The number of fused-ring (bicyclic) bond motifs is 2. The first-order valence-electron chi connectivity index (χ1n) is 13.0. The average molecular weight is 484 g/mol. The fraction of sp³-hybridized carbons (Fsp3) is 0. The van der Waals surface area contributed by atoms with Crippen LogP contribution in [0.5, 0.6) is 0 Å². The average Bonchev–Trinajstić information content (AvgIpc) is 3.01. The molecule has 0 atom stereocenters. The van der Waals surface area contributed by atoms with E-state index < -0.39 is 0 Å². The Morgan fingerprint density at radius 2 is 0.789 bits per heavy atom. The molecule has 0 saturated heterocycles. The van der Waals surface area contributed by atoms with Crippen LogP contribution < -0.4 is 0 Å². The minimum Gasteiger partial charge on any atom is -0.264 e. The number of hydrogen-bond acceptors (Lipinski definition) is 1. The van der Waals surface area contributed by atoms with Crippen LogP contribution in [0.1, 0.15) is 0 Å². The Labute approximate surface area is 222 Å². The highest BCUT2D eigenvalue weighted by atomic mass is 14.6. The van der Waals surface area contributed by atoms with Gasteiger partial charge in [-0.05, 0) is 72.6 Å². The normalized spacial score (nSPS) is 11.2. The highest BCUT2D eigenvalue weighted by molar-refractivity contribution is 6.21. The Morgan fingerprint density at radius 3 is 1.42 bits per heavy atom. The van der Waals surface area contributed by atoms with Crippen molar-refractivity contribution in [3.8, 4) is 44.5 Å². The first-order chi connectivity index (χ1) is 18.9. The second-order valence-corrected chi connectivity index (χ2v) is 9.61. The number of rotatable bonds is 4. The molecule has 1 heterocycles. The summed E-state index contributed by atoms with van der Waals surface area (Å²) < 4.78 is 0. The Balaban J connectivity index is 1.54. The summed E-state index contributed by atoms with van der Waals surface area (Å²) in [7, 11) is 0. The van der Waals surface area contributed by atoms with E-state index in [4.69, 9.17) is 0 Å². The lowest BCUT2D eigenvalue weighted by Crippen LogP contribution is -1.92. The van der Waals surface area contributed by atoms with Gasteiger partial charge in [-0.1, -0.05) is 127 Å². The largest absolute Gasteiger partial charge is 0.264 e. The van der Waals surface area contributed by atoms with Crippen molar-refractivity contribution < 1.29 is 0 Å². The van der Waals surface area contributed by atoms with Gasteiger partial charge in [0.05, 0.1) is 0 Å². The lowest BCUT2D eigenvalue weighted by atomic mass is 9.85. The van der Waals surface area contributed by atoms with E-state index in [0.29, 0.717) is 0 Å². The van der Waals surface area contributed by atoms with Crippen molar-refractivity contribution in [2.75, 3.05) is 0 Å². The van der Waals surface area contributed by atoms with E-state index in [2.05, 4.69) is 138 Å². The summed E-state index contributed by atoms with van der Waals surface area (Å²) in [6.07, 6.45) is 3.82. The number of nitrogens with zero attached hydrogens (tertiary/aromatic N) is 1. The third kappa shape index (κ3) is 3.86. The van der Waals surface area contributed by atoms with Gasteiger partial charge in [-0.15, -0.1) is 0 Å². The molecular formula is C37H25N. The second kappa shape index (κ2) is 9.46. The molecule has 0 radical (unpaired) electrons. The van der Waals surface area contributed by atoms with Crippen LogP contribution in [-0.2, 0) is 0 Å². The lowest BCUT2D eigenvalue weighted by molar-refractivity contribution is 1.33. The second-order valence-electron chi connectivity index (χ2n) is 9.61. The number of pyridine rings is 1. The van der Waals surface area contributed by atoms with Crippen molar-refractivity contribution in [1.29, 1.82) is 0 Å². The molecule has 0 aliphatic rings. The third-order valence-electron chi connectivity index (χ3n) is 7.36. The maximum absolute atomic E-state index is 4.47. The quantitative estimate of drug-likeness (QED) is 0.227. The van der Waals surface area contributed by atoms with Gasteiger partial charge in [0, 0.05) is 18.0 Å². The van der Waals surface area contributed by atoms with Gasteiger partial charge >= 0.3 is 0 Å². The van der Waals surface area contributed by atoms with Gasteiger partial charge < -0.3 is 0 Å². The van der Waals surface area contributed by atoms with Gasteiger partial charge in [-0.2, -0.15) is 0 Å². The van der Waals surface area contributed by atoms with E-state index in [-0.39, 0.29) is 0 Å². The number of hydrogen-bond donors (Lipinski definition) is 0. The fourth-order valence-corrected chi connectivity index (χ4v) is 5.58. The predicted octanol–water partition coefficient (Wildman–Crippen LogP) is 10.1. The summed E-state index contributed by atoms with van der Waals surface area (Å²) in [5.74, 6) is 0. The number of benzene rings is 6. The molecule has 178 valence electrons. The molecule has 7 rings (SSSR count). The summed E-state index contributed by atoms with van der Waals surface area (Å²) in [4.78, 5) is 4.47. The van der Waals surface area contributed by atoms with Crippen LogP contribution >= 0.6 is 0 Å². The van der Waals surface area contributed by atoms with E-state index in [1.807, 2.05) is 18.5 Å². The fourth-order valence-electron chi connectivity index (χ4n) is 5.58. The molecule has 0 aliphatic heterocycles. The molecule has 0 saturated carbocycles. The van der Waals surface area contributed by atoms with Crippen LogP contribution in [0.4, 0.5) is 0 Å². The van der Waals surface area contributed by atoms with Crippen molar-refractivity contribution in [2.45, 2.75) is 0 Å². The number of aromatic nitrogens is 1. The first kappa shape index (κ1) is 22.2. The van der Waals surface area contributed by atoms with Crippen molar-refractivity contribution >= 4 is 21.5 Å². The van der Waals surface area contributed by atoms with E-state index >= 15 is 0 Å². The van der Waals surface area contributed by atoms with Crippen LogP contribution in [-0.4, -0.2) is 4.98 Å². The molecule has 0 N–H and O–H groups in total. The van der Waals surface area contributed by atoms with Gasteiger partial charge in [0.15, 0.2) is 0 Å². The molecule has 0 bridgehead atoms. The summed E-state index contributed by atoms with van der Waals surface area (Å²) in [6, 6.07) is 50.0. The molecule has 38 heavy (non-hydrogen) atoms. The smallest absolute Gasteiger partial charge is 0.0346 e. The molecule has 0 unspecified atom stereocenters. The molecule has 1 nitrogen and oxygen atoms in total. The highest BCUT2D eigenvalue weighted by Gasteiger charge is 2.17. The Bertz CT molecular complexity index is 1870. The van der Waals surface area contributed by atoms with Crippen LogP contribution in [0.25, 0.3) is 66.1 Å². The Hall–Kier alpha value is -5.01. The zero-order chi connectivity index (χ0) is 25.3. The van der Waals surface area contributed by atoms with Gasteiger partial charge in [-0.25, -0.2) is 0 Å². The van der Waals surface area contributed by atoms with Gasteiger partial charge in [0.2, 0.25) is 0 Å².